The summed E-state index contributed by atoms with van der Waals surface area (Å²) in [4.78, 5) is 24.4. The molecular formula is C13H19NO4. The van der Waals surface area contributed by atoms with E-state index in [4.69, 9.17) is 9.52 Å². The van der Waals surface area contributed by atoms with E-state index in [0.29, 0.717) is 24.3 Å². The minimum atomic E-state index is -1.01. The van der Waals surface area contributed by atoms with Crippen LogP contribution in [-0.4, -0.2) is 35.0 Å². The van der Waals surface area contributed by atoms with Crippen LogP contribution in [0.25, 0.3) is 0 Å². The van der Waals surface area contributed by atoms with E-state index in [1.807, 2.05) is 20.8 Å². The van der Waals surface area contributed by atoms with Gasteiger partial charge >= 0.3 is 5.97 Å². The van der Waals surface area contributed by atoms with Crippen LogP contribution in [0.4, 0.5) is 0 Å². The average Bonchev–Trinajstić information content (AvgIpc) is 2.73. The van der Waals surface area contributed by atoms with Crippen molar-refractivity contribution in [3.05, 3.63) is 23.7 Å². The highest BCUT2D eigenvalue weighted by atomic mass is 16.4. The van der Waals surface area contributed by atoms with Crippen LogP contribution in [0, 0.1) is 5.92 Å². The molecule has 0 unspecified atom stereocenters. The van der Waals surface area contributed by atoms with Crippen molar-refractivity contribution in [2.45, 2.75) is 27.2 Å². The summed E-state index contributed by atoms with van der Waals surface area (Å²) in [6.45, 7) is 5.90. The van der Waals surface area contributed by atoms with Gasteiger partial charge in [0.25, 0.3) is 5.91 Å². The topological polar surface area (TPSA) is 70.8 Å². The molecule has 100 valence electrons. The molecule has 0 saturated heterocycles. The van der Waals surface area contributed by atoms with E-state index in [0.717, 1.165) is 0 Å². The van der Waals surface area contributed by atoms with Crippen molar-refractivity contribution in [1.29, 1.82) is 0 Å². The molecule has 0 saturated carbocycles. The molecule has 0 bridgehead atoms. The van der Waals surface area contributed by atoms with Gasteiger partial charge in [0.1, 0.15) is 12.3 Å². The van der Waals surface area contributed by atoms with Crippen LogP contribution in [0.5, 0.6) is 0 Å². The minimum absolute atomic E-state index is 0.213. The number of furan rings is 1. The second-order valence-electron chi connectivity index (χ2n) is 4.58. The highest BCUT2D eigenvalue weighted by molar-refractivity contribution is 5.96. The first-order valence-electron chi connectivity index (χ1n) is 6.03. The lowest BCUT2D eigenvalue weighted by Gasteiger charge is -2.22. The molecule has 5 nitrogen and oxygen atoms in total. The quantitative estimate of drug-likeness (QED) is 0.842. The molecule has 1 N–H and O–H groups in total. The second-order valence-corrected chi connectivity index (χ2v) is 4.58. The maximum Gasteiger partial charge on any atom is 0.323 e. The number of carboxylic acids is 1. The van der Waals surface area contributed by atoms with Crippen molar-refractivity contribution >= 4 is 11.9 Å². The molecule has 18 heavy (non-hydrogen) atoms. The SMILES string of the molecule is CCc1occc1C(=O)N(CC(=O)O)CC(C)C. The molecule has 0 aliphatic rings. The predicted octanol–water partition coefficient (Wildman–Crippen LogP) is 2.02. The number of carboxylic acid groups (broad SMARTS) is 1. The van der Waals surface area contributed by atoms with Crippen molar-refractivity contribution in [3.8, 4) is 0 Å². The van der Waals surface area contributed by atoms with Gasteiger partial charge in [-0.05, 0) is 12.0 Å². The molecule has 0 aliphatic heterocycles. The summed E-state index contributed by atoms with van der Waals surface area (Å²) in [5.41, 5.74) is 0.458. The first-order valence-corrected chi connectivity index (χ1v) is 6.03. The van der Waals surface area contributed by atoms with Gasteiger partial charge in [0.15, 0.2) is 0 Å². The third-order valence-corrected chi connectivity index (χ3v) is 2.50. The Morgan fingerprint density at radius 3 is 2.61 bits per heavy atom. The monoisotopic (exact) mass is 253 g/mol. The molecule has 0 spiro atoms. The average molecular weight is 253 g/mol. The van der Waals surface area contributed by atoms with Crippen LogP contribution in [0.2, 0.25) is 0 Å². The van der Waals surface area contributed by atoms with Crippen molar-refractivity contribution in [3.63, 3.8) is 0 Å². The Hall–Kier alpha value is -1.78. The first-order chi connectivity index (χ1) is 8.45. The maximum atomic E-state index is 12.3. The molecule has 1 amide bonds. The van der Waals surface area contributed by atoms with Crippen molar-refractivity contribution < 1.29 is 19.1 Å². The Bertz CT molecular complexity index is 422. The van der Waals surface area contributed by atoms with Gasteiger partial charge in [-0.25, -0.2) is 0 Å². The van der Waals surface area contributed by atoms with E-state index >= 15 is 0 Å². The van der Waals surface area contributed by atoms with Gasteiger partial charge in [-0.3, -0.25) is 9.59 Å². The molecule has 0 aromatic carbocycles. The largest absolute Gasteiger partial charge is 0.480 e. The van der Waals surface area contributed by atoms with Crippen molar-refractivity contribution in [1.82, 2.24) is 4.90 Å². The minimum Gasteiger partial charge on any atom is -0.480 e. The Labute approximate surface area is 106 Å². The van der Waals surface area contributed by atoms with Gasteiger partial charge in [-0.15, -0.1) is 0 Å². The number of carbonyl (C=O) groups excluding carboxylic acids is 1. The standard InChI is InChI=1S/C13H19NO4/c1-4-11-10(5-6-18-11)13(17)14(7-9(2)3)8-12(15)16/h5-6,9H,4,7-8H2,1-3H3,(H,15,16). The highest BCUT2D eigenvalue weighted by Crippen LogP contribution is 2.15. The molecule has 1 aromatic heterocycles. The van der Waals surface area contributed by atoms with E-state index in [1.54, 1.807) is 6.07 Å². The maximum absolute atomic E-state index is 12.3. The third-order valence-electron chi connectivity index (χ3n) is 2.50. The highest BCUT2D eigenvalue weighted by Gasteiger charge is 2.22. The first kappa shape index (κ1) is 14.3. The van der Waals surface area contributed by atoms with Crippen LogP contribution >= 0.6 is 0 Å². The zero-order valence-corrected chi connectivity index (χ0v) is 11.0. The smallest absolute Gasteiger partial charge is 0.323 e. The van der Waals surface area contributed by atoms with E-state index in [2.05, 4.69) is 0 Å². The summed E-state index contributed by atoms with van der Waals surface area (Å²) >= 11 is 0. The number of rotatable bonds is 6. The van der Waals surface area contributed by atoms with Gasteiger partial charge in [0.2, 0.25) is 0 Å². The van der Waals surface area contributed by atoms with E-state index < -0.39 is 5.97 Å². The van der Waals surface area contributed by atoms with Gasteiger partial charge in [0.05, 0.1) is 11.8 Å². The molecular weight excluding hydrogens is 234 g/mol. The number of aliphatic carboxylic acids is 1. The summed E-state index contributed by atoms with van der Waals surface area (Å²) in [5.74, 6) is -0.480. The Kier molecular flexibility index (Phi) is 4.95. The predicted molar refractivity (Wildman–Crippen MR) is 66.5 cm³/mol. The third kappa shape index (κ3) is 3.61. The Morgan fingerprint density at radius 1 is 1.44 bits per heavy atom. The van der Waals surface area contributed by atoms with E-state index in [9.17, 15) is 9.59 Å². The summed E-state index contributed by atoms with van der Waals surface area (Å²) in [6, 6.07) is 1.59. The van der Waals surface area contributed by atoms with Gasteiger partial charge < -0.3 is 14.4 Å². The fourth-order valence-corrected chi connectivity index (χ4v) is 1.80. The van der Waals surface area contributed by atoms with Gasteiger partial charge in [0, 0.05) is 13.0 Å². The molecule has 0 radical (unpaired) electrons. The Morgan fingerprint density at radius 2 is 2.11 bits per heavy atom. The van der Waals surface area contributed by atoms with Crippen molar-refractivity contribution in [2.75, 3.05) is 13.1 Å². The molecule has 0 aliphatic carbocycles. The number of nitrogens with zero attached hydrogens (tertiary/aromatic N) is 1. The molecule has 0 atom stereocenters. The summed E-state index contributed by atoms with van der Waals surface area (Å²) < 4.78 is 5.20. The molecule has 1 heterocycles. The fraction of sp³-hybridized carbons (Fsp3) is 0.538. The van der Waals surface area contributed by atoms with Crippen LogP contribution in [0.3, 0.4) is 0 Å². The Balaban J connectivity index is 2.91. The summed E-state index contributed by atoms with van der Waals surface area (Å²) in [7, 11) is 0. The second kappa shape index (κ2) is 6.23. The molecule has 5 heteroatoms. The fourth-order valence-electron chi connectivity index (χ4n) is 1.80. The number of hydrogen-bond donors (Lipinski definition) is 1. The number of carbonyl (C=O) groups is 2. The summed E-state index contributed by atoms with van der Waals surface area (Å²) in [6.07, 6.45) is 2.07. The van der Waals surface area contributed by atoms with E-state index in [-0.39, 0.29) is 18.4 Å². The normalized spacial score (nSPS) is 10.7. The molecule has 0 fully saturated rings. The van der Waals surface area contributed by atoms with Crippen LogP contribution in [0.1, 0.15) is 36.9 Å². The van der Waals surface area contributed by atoms with Crippen LogP contribution in [-0.2, 0) is 11.2 Å². The number of aryl methyl sites for hydroxylation is 1. The van der Waals surface area contributed by atoms with Gasteiger partial charge in [-0.2, -0.15) is 0 Å². The lowest BCUT2D eigenvalue weighted by atomic mass is 10.1. The number of hydrogen-bond acceptors (Lipinski definition) is 3. The zero-order chi connectivity index (χ0) is 13.7. The summed E-state index contributed by atoms with van der Waals surface area (Å²) in [5, 5.41) is 8.85. The lowest BCUT2D eigenvalue weighted by molar-refractivity contribution is -0.137. The van der Waals surface area contributed by atoms with E-state index in [1.165, 1.54) is 11.2 Å². The lowest BCUT2D eigenvalue weighted by Crippen LogP contribution is -2.38. The van der Waals surface area contributed by atoms with Crippen LogP contribution in [0.15, 0.2) is 16.7 Å². The number of amides is 1. The molecule has 1 aromatic rings. The molecule has 1 rings (SSSR count). The van der Waals surface area contributed by atoms with Gasteiger partial charge in [-0.1, -0.05) is 20.8 Å². The van der Waals surface area contributed by atoms with Crippen LogP contribution < -0.4 is 0 Å². The zero-order valence-electron chi connectivity index (χ0n) is 11.0. The van der Waals surface area contributed by atoms with Crippen molar-refractivity contribution in [2.24, 2.45) is 5.92 Å².